The Kier molecular flexibility index (Phi) is 4.20. The Morgan fingerprint density at radius 3 is 2.38 bits per heavy atom. The predicted molar refractivity (Wildman–Crippen MR) is 93.1 cm³/mol. The van der Waals surface area contributed by atoms with Crippen LogP contribution in [0, 0.1) is 0 Å². The fourth-order valence-electron chi connectivity index (χ4n) is 3.50. The molecule has 0 saturated carbocycles. The number of hydrogen-bond acceptors (Lipinski definition) is 5. The van der Waals surface area contributed by atoms with Gasteiger partial charge in [-0.2, -0.15) is 0 Å². The number of imidazole rings is 1. The molecule has 0 aliphatic heterocycles. The standard InChI is InChI=1S/C18H10N2O4S.K/c21-18-12-5-3-4-10-15(25(22,23)24)9-8-11(16(10)12)17-19-13-6-1-2-7-14(13)20(17)18;/h1-9H,(H,22,23,24);/q;+1/p-1. The summed E-state index contributed by atoms with van der Waals surface area (Å²) in [5, 5.41) is 1.69. The largest absolute Gasteiger partial charge is 1.00 e. The third-order valence-corrected chi connectivity index (χ3v) is 5.40. The van der Waals surface area contributed by atoms with Crippen molar-refractivity contribution in [1.29, 1.82) is 0 Å². The van der Waals surface area contributed by atoms with Crippen LogP contribution in [-0.4, -0.2) is 22.4 Å². The van der Waals surface area contributed by atoms with E-state index >= 15 is 0 Å². The van der Waals surface area contributed by atoms with Crippen molar-refractivity contribution in [1.82, 2.24) is 9.38 Å². The number of para-hydroxylation sites is 2. The Hall–Kier alpha value is -1.39. The molecule has 26 heavy (non-hydrogen) atoms. The van der Waals surface area contributed by atoms with Crippen LogP contribution < -0.4 is 56.9 Å². The second kappa shape index (κ2) is 6.06. The fourth-order valence-corrected chi connectivity index (χ4v) is 4.17. The zero-order valence-corrected chi connectivity index (χ0v) is 17.6. The monoisotopic (exact) mass is 388 g/mol. The first-order valence-electron chi connectivity index (χ1n) is 7.51. The molecule has 0 spiro atoms. The minimum absolute atomic E-state index is 0. The van der Waals surface area contributed by atoms with E-state index in [9.17, 15) is 17.8 Å². The SMILES string of the molecule is O=c1c2cccc3c(S(=O)(=O)[O-])ccc(c32)c2nc3ccccc3n12.[K+]. The Bertz CT molecular complexity index is 1490. The first-order valence-corrected chi connectivity index (χ1v) is 8.92. The van der Waals surface area contributed by atoms with Gasteiger partial charge in [0, 0.05) is 21.5 Å². The molecule has 3 aromatic carbocycles. The molecular weight excluding hydrogens is 379 g/mol. The van der Waals surface area contributed by atoms with E-state index in [0.717, 1.165) is 0 Å². The van der Waals surface area contributed by atoms with Crippen LogP contribution in [0.4, 0.5) is 0 Å². The van der Waals surface area contributed by atoms with Crippen molar-refractivity contribution in [3.63, 3.8) is 0 Å². The van der Waals surface area contributed by atoms with Crippen LogP contribution >= 0.6 is 0 Å². The molecule has 2 aromatic heterocycles. The summed E-state index contributed by atoms with van der Waals surface area (Å²) in [6.07, 6.45) is 0. The molecule has 2 heterocycles. The second-order valence-electron chi connectivity index (χ2n) is 5.86. The van der Waals surface area contributed by atoms with Gasteiger partial charge < -0.3 is 4.55 Å². The summed E-state index contributed by atoms with van der Waals surface area (Å²) in [6.45, 7) is 0. The van der Waals surface area contributed by atoms with Gasteiger partial charge in [-0.1, -0.05) is 24.3 Å². The molecule has 5 rings (SSSR count). The van der Waals surface area contributed by atoms with Crippen molar-refractivity contribution in [2.75, 3.05) is 0 Å². The number of nitrogens with zero attached hydrogens (tertiary/aromatic N) is 2. The molecule has 0 fully saturated rings. The summed E-state index contributed by atoms with van der Waals surface area (Å²) in [5.41, 5.74) is 1.52. The smallest absolute Gasteiger partial charge is 0.744 e. The van der Waals surface area contributed by atoms with E-state index in [1.165, 1.54) is 10.5 Å². The van der Waals surface area contributed by atoms with Crippen molar-refractivity contribution >= 4 is 48.3 Å². The average Bonchev–Trinajstić information content (AvgIpc) is 2.98. The van der Waals surface area contributed by atoms with Gasteiger partial charge in [0.15, 0.2) is 0 Å². The summed E-state index contributed by atoms with van der Waals surface area (Å²) in [6, 6.07) is 14.9. The molecule has 5 aromatic rings. The Labute approximate surface area is 190 Å². The second-order valence-corrected chi connectivity index (χ2v) is 7.21. The van der Waals surface area contributed by atoms with Gasteiger partial charge in [0.05, 0.1) is 15.9 Å². The van der Waals surface area contributed by atoms with Crippen LogP contribution in [0.5, 0.6) is 0 Å². The van der Waals surface area contributed by atoms with Crippen LogP contribution in [0.25, 0.3) is 38.2 Å². The number of rotatable bonds is 1. The number of benzene rings is 3. The number of pyridine rings is 1. The molecule has 122 valence electrons. The summed E-state index contributed by atoms with van der Waals surface area (Å²) < 4.78 is 36.3. The summed E-state index contributed by atoms with van der Waals surface area (Å²) in [7, 11) is -4.66. The van der Waals surface area contributed by atoms with E-state index < -0.39 is 10.1 Å². The van der Waals surface area contributed by atoms with Gasteiger partial charge in [0.1, 0.15) is 15.8 Å². The summed E-state index contributed by atoms with van der Waals surface area (Å²) >= 11 is 0. The van der Waals surface area contributed by atoms with Crippen LogP contribution in [0.15, 0.2) is 64.3 Å². The quantitative estimate of drug-likeness (QED) is 0.285. The third-order valence-electron chi connectivity index (χ3n) is 4.51. The van der Waals surface area contributed by atoms with Gasteiger partial charge in [-0.05, 0) is 30.3 Å². The van der Waals surface area contributed by atoms with Crippen LogP contribution in [0.3, 0.4) is 0 Å². The maximum absolute atomic E-state index is 13.0. The maximum atomic E-state index is 13.0. The zero-order valence-electron chi connectivity index (χ0n) is 13.6. The van der Waals surface area contributed by atoms with Gasteiger partial charge in [-0.25, -0.2) is 13.4 Å². The van der Waals surface area contributed by atoms with Crippen LogP contribution in [-0.2, 0) is 10.1 Å². The Morgan fingerprint density at radius 2 is 1.62 bits per heavy atom. The molecule has 0 amide bonds. The molecule has 6 nitrogen and oxygen atoms in total. The number of fused-ring (bicyclic) bond motifs is 4. The minimum Gasteiger partial charge on any atom is -0.744 e. The Morgan fingerprint density at radius 1 is 0.885 bits per heavy atom. The van der Waals surface area contributed by atoms with E-state index in [2.05, 4.69) is 4.98 Å². The fraction of sp³-hybridized carbons (Fsp3) is 0. The van der Waals surface area contributed by atoms with Crippen molar-refractivity contribution in [2.45, 2.75) is 4.90 Å². The van der Waals surface area contributed by atoms with Gasteiger partial charge in [-0.15, -0.1) is 0 Å². The maximum Gasteiger partial charge on any atom is 1.00 e. The predicted octanol–water partition coefficient (Wildman–Crippen LogP) is -0.500. The van der Waals surface area contributed by atoms with Crippen molar-refractivity contribution in [3.05, 3.63) is 65.0 Å². The number of aromatic nitrogens is 2. The van der Waals surface area contributed by atoms with E-state index in [1.54, 1.807) is 24.3 Å². The summed E-state index contributed by atoms with van der Waals surface area (Å²) in [4.78, 5) is 17.2. The molecule has 0 bridgehead atoms. The van der Waals surface area contributed by atoms with Crippen molar-refractivity contribution in [2.24, 2.45) is 0 Å². The van der Waals surface area contributed by atoms with Gasteiger partial charge in [0.2, 0.25) is 0 Å². The minimum atomic E-state index is -4.66. The molecule has 0 saturated heterocycles. The average molecular weight is 388 g/mol. The molecule has 0 radical (unpaired) electrons. The summed E-state index contributed by atoms with van der Waals surface area (Å²) in [5.74, 6) is 0. The number of hydrogen-bond donors (Lipinski definition) is 0. The van der Waals surface area contributed by atoms with Crippen molar-refractivity contribution < 1.29 is 64.4 Å². The molecule has 0 unspecified atom stereocenters. The molecular formula is C18H9KN2O4S. The van der Waals surface area contributed by atoms with Gasteiger partial charge in [0.25, 0.3) is 5.56 Å². The van der Waals surface area contributed by atoms with Gasteiger partial charge in [-0.3, -0.25) is 9.20 Å². The van der Waals surface area contributed by atoms with Crippen molar-refractivity contribution in [3.8, 4) is 0 Å². The normalized spacial score (nSPS) is 12.2. The Balaban J connectivity index is 0.00000168. The van der Waals surface area contributed by atoms with Gasteiger partial charge >= 0.3 is 51.4 Å². The zero-order chi connectivity index (χ0) is 17.3. The molecule has 0 aliphatic rings. The third kappa shape index (κ3) is 2.38. The van der Waals surface area contributed by atoms with E-state index in [1.807, 2.05) is 24.3 Å². The first kappa shape index (κ1) is 18.0. The first-order chi connectivity index (χ1) is 12.0. The molecule has 0 N–H and O–H groups in total. The molecule has 0 aliphatic carbocycles. The van der Waals surface area contributed by atoms with Crippen LogP contribution in [0.2, 0.25) is 0 Å². The molecule has 8 heteroatoms. The van der Waals surface area contributed by atoms with E-state index in [0.29, 0.717) is 32.8 Å². The van der Waals surface area contributed by atoms with E-state index in [4.69, 9.17) is 0 Å². The van der Waals surface area contributed by atoms with Crippen LogP contribution in [0.1, 0.15) is 0 Å². The topological polar surface area (TPSA) is 91.6 Å². The molecule has 0 atom stereocenters. The van der Waals surface area contributed by atoms with E-state index in [-0.39, 0.29) is 67.2 Å².